The number of aliphatic hydroxyl groups is 5. The summed E-state index contributed by atoms with van der Waals surface area (Å²) in [6, 6.07) is 3.91. The van der Waals surface area contributed by atoms with Gasteiger partial charge in [0.2, 0.25) is 0 Å². The van der Waals surface area contributed by atoms with Gasteiger partial charge < -0.3 is 54.7 Å². The van der Waals surface area contributed by atoms with E-state index in [0.717, 1.165) is 6.08 Å². The summed E-state index contributed by atoms with van der Waals surface area (Å²) in [6.45, 7) is 1.13. The Morgan fingerprint density at radius 3 is 2.44 bits per heavy atom. The molecule has 0 amide bonds. The minimum absolute atomic E-state index is 0.315. The van der Waals surface area contributed by atoms with Crippen LogP contribution in [0.3, 0.4) is 0 Å². The van der Waals surface area contributed by atoms with Crippen molar-refractivity contribution >= 4 is 12.0 Å². The van der Waals surface area contributed by atoms with E-state index in [0.29, 0.717) is 5.56 Å². The van der Waals surface area contributed by atoms with E-state index in [-0.39, 0.29) is 18.1 Å². The summed E-state index contributed by atoms with van der Waals surface area (Å²) >= 11 is 0. The van der Waals surface area contributed by atoms with Gasteiger partial charge in [0, 0.05) is 6.08 Å². The summed E-state index contributed by atoms with van der Waals surface area (Å²) in [5.41, 5.74) is 0.397. The SMILES string of the molecule is C[C@@H]1O[C@@H](O[C@@H]2[C@@H](O)[C@@H](O)CO[C@H]2O)[C@H](O)[C@H](O)[C@H]1OC(=O)/C=C/c1ccc(O)c(O)c1. The predicted octanol–water partition coefficient (Wildman–Crippen LogP) is -2.05. The summed E-state index contributed by atoms with van der Waals surface area (Å²) < 4.78 is 20.8. The maximum atomic E-state index is 12.1. The monoisotopic (exact) mass is 458 g/mol. The van der Waals surface area contributed by atoms with Gasteiger partial charge in [-0.3, -0.25) is 0 Å². The molecule has 1 aromatic carbocycles. The molecule has 0 unspecified atom stereocenters. The van der Waals surface area contributed by atoms with E-state index < -0.39 is 61.3 Å². The van der Waals surface area contributed by atoms with Crippen LogP contribution in [-0.2, 0) is 23.7 Å². The summed E-state index contributed by atoms with van der Waals surface area (Å²) in [7, 11) is 0. The van der Waals surface area contributed by atoms with Crippen LogP contribution in [0.15, 0.2) is 24.3 Å². The number of aliphatic hydroxyl groups excluding tert-OH is 5. The number of benzene rings is 1. The molecule has 0 bridgehead atoms. The second-order valence-corrected chi connectivity index (χ2v) is 7.56. The zero-order valence-corrected chi connectivity index (χ0v) is 17.0. The molecule has 3 rings (SSSR count). The van der Waals surface area contributed by atoms with Gasteiger partial charge in [0.1, 0.15) is 30.5 Å². The Labute approximate surface area is 182 Å². The summed E-state index contributed by atoms with van der Waals surface area (Å²) in [5, 5.41) is 69.0. The number of hydrogen-bond donors (Lipinski definition) is 7. The van der Waals surface area contributed by atoms with E-state index >= 15 is 0 Å². The molecule has 0 aromatic heterocycles. The molecule has 7 N–H and O–H groups in total. The van der Waals surface area contributed by atoms with Crippen molar-refractivity contribution in [2.75, 3.05) is 6.61 Å². The van der Waals surface area contributed by atoms with Crippen molar-refractivity contribution in [1.82, 2.24) is 0 Å². The fourth-order valence-corrected chi connectivity index (χ4v) is 3.34. The summed E-state index contributed by atoms with van der Waals surface area (Å²) in [4.78, 5) is 12.1. The third kappa shape index (κ3) is 5.36. The van der Waals surface area contributed by atoms with E-state index in [1.54, 1.807) is 0 Å². The van der Waals surface area contributed by atoms with Crippen molar-refractivity contribution in [3.05, 3.63) is 29.8 Å². The highest BCUT2D eigenvalue weighted by molar-refractivity contribution is 5.87. The summed E-state index contributed by atoms with van der Waals surface area (Å²) in [6.07, 6.45) is -10.7. The van der Waals surface area contributed by atoms with E-state index in [2.05, 4.69) is 0 Å². The normalized spacial score (nSPS) is 38.0. The molecule has 0 aliphatic carbocycles. The van der Waals surface area contributed by atoms with Gasteiger partial charge in [0.15, 0.2) is 30.2 Å². The third-order valence-corrected chi connectivity index (χ3v) is 5.18. The molecular weight excluding hydrogens is 432 g/mol. The van der Waals surface area contributed by atoms with Gasteiger partial charge in [0.25, 0.3) is 0 Å². The number of hydrogen-bond acceptors (Lipinski definition) is 12. The van der Waals surface area contributed by atoms with Crippen LogP contribution in [-0.4, -0.2) is 104 Å². The largest absolute Gasteiger partial charge is 0.504 e. The molecule has 2 aliphatic heterocycles. The lowest BCUT2D eigenvalue weighted by atomic mass is 9.99. The number of phenolic OH excluding ortho intramolecular Hbond substituents is 2. The highest BCUT2D eigenvalue weighted by Gasteiger charge is 2.48. The van der Waals surface area contributed by atoms with Gasteiger partial charge in [-0.15, -0.1) is 0 Å². The Kier molecular flexibility index (Phi) is 7.69. The van der Waals surface area contributed by atoms with Crippen molar-refractivity contribution in [3.8, 4) is 11.5 Å². The van der Waals surface area contributed by atoms with Gasteiger partial charge >= 0.3 is 5.97 Å². The topological polar surface area (TPSA) is 196 Å². The smallest absolute Gasteiger partial charge is 0.331 e. The number of rotatable bonds is 5. The molecule has 0 radical (unpaired) electrons. The molecule has 2 heterocycles. The molecular formula is C20H26O12. The van der Waals surface area contributed by atoms with E-state index in [9.17, 15) is 40.5 Å². The van der Waals surface area contributed by atoms with Gasteiger partial charge in [-0.25, -0.2) is 4.79 Å². The second-order valence-electron chi connectivity index (χ2n) is 7.56. The van der Waals surface area contributed by atoms with Crippen LogP contribution >= 0.6 is 0 Å². The Bertz CT molecular complexity index is 829. The number of carbonyl (C=O) groups excluding carboxylic acids is 1. The Hall–Kier alpha value is -2.29. The Morgan fingerprint density at radius 2 is 1.75 bits per heavy atom. The minimum atomic E-state index is -1.72. The number of carbonyl (C=O) groups is 1. The average Bonchev–Trinajstić information content (AvgIpc) is 2.75. The lowest BCUT2D eigenvalue weighted by molar-refractivity contribution is -0.348. The molecule has 2 aliphatic rings. The van der Waals surface area contributed by atoms with Crippen LogP contribution in [0.4, 0.5) is 0 Å². The van der Waals surface area contributed by atoms with Crippen LogP contribution < -0.4 is 0 Å². The van der Waals surface area contributed by atoms with Crippen LogP contribution in [0.1, 0.15) is 12.5 Å². The van der Waals surface area contributed by atoms with Gasteiger partial charge in [-0.2, -0.15) is 0 Å². The molecule has 1 aromatic rings. The van der Waals surface area contributed by atoms with Crippen molar-refractivity contribution in [2.24, 2.45) is 0 Å². The molecule has 2 fully saturated rings. The Balaban J connectivity index is 1.61. The van der Waals surface area contributed by atoms with Gasteiger partial charge in [0.05, 0.1) is 12.7 Å². The van der Waals surface area contributed by atoms with Crippen molar-refractivity contribution in [2.45, 2.75) is 62.2 Å². The molecule has 12 nitrogen and oxygen atoms in total. The van der Waals surface area contributed by atoms with E-state index in [1.807, 2.05) is 0 Å². The van der Waals surface area contributed by atoms with Crippen molar-refractivity contribution < 1.29 is 59.5 Å². The zero-order chi connectivity index (χ0) is 23.6. The zero-order valence-electron chi connectivity index (χ0n) is 17.0. The van der Waals surface area contributed by atoms with Crippen molar-refractivity contribution in [3.63, 3.8) is 0 Å². The first-order valence-electron chi connectivity index (χ1n) is 9.82. The molecule has 2 saturated heterocycles. The fraction of sp³-hybridized carbons (Fsp3) is 0.550. The number of phenols is 2. The predicted molar refractivity (Wildman–Crippen MR) is 104 cm³/mol. The average molecular weight is 458 g/mol. The first-order valence-corrected chi connectivity index (χ1v) is 9.82. The molecule has 178 valence electrons. The Morgan fingerprint density at radius 1 is 1.03 bits per heavy atom. The number of aromatic hydroxyl groups is 2. The van der Waals surface area contributed by atoms with Crippen LogP contribution in [0, 0.1) is 0 Å². The number of esters is 1. The highest BCUT2D eigenvalue weighted by Crippen LogP contribution is 2.28. The molecule has 32 heavy (non-hydrogen) atoms. The number of ether oxygens (including phenoxy) is 4. The second kappa shape index (κ2) is 10.1. The molecule has 0 saturated carbocycles. The molecule has 9 atom stereocenters. The lowest BCUT2D eigenvalue weighted by Gasteiger charge is -2.43. The maximum absolute atomic E-state index is 12.1. The fourth-order valence-electron chi connectivity index (χ4n) is 3.34. The van der Waals surface area contributed by atoms with Crippen molar-refractivity contribution in [1.29, 1.82) is 0 Å². The summed E-state index contributed by atoms with van der Waals surface area (Å²) in [5.74, 6) is -1.56. The first-order chi connectivity index (χ1) is 15.1. The highest BCUT2D eigenvalue weighted by atomic mass is 16.7. The van der Waals surface area contributed by atoms with E-state index in [1.165, 1.54) is 31.2 Å². The molecule has 0 spiro atoms. The maximum Gasteiger partial charge on any atom is 0.331 e. The minimum Gasteiger partial charge on any atom is -0.504 e. The lowest BCUT2D eigenvalue weighted by Crippen LogP contribution is -2.62. The third-order valence-electron chi connectivity index (χ3n) is 5.18. The quantitative estimate of drug-likeness (QED) is 0.145. The van der Waals surface area contributed by atoms with Crippen LogP contribution in [0.25, 0.3) is 6.08 Å². The van der Waals surface area contributed by atoms with E-state index in [4.69, 9.17) is 18.9 Å². The van der Waals surface area contributed by atoms with Crippen LogP contribution in [0.5, 0.6) is 11.5 Å². The standard InChI is InChI=1S/C20H26O12/c1-8-17(31-13(24)5-3-9-2-4-10(21)11(22)6-9)15(26)16(27)20(30-8)32-18-14(25)12(23)7-29-19(18)28/h2-6,8,12,14-23,25-28H,7H2,1H3/b5-3+/t8-,12-,14-,15-,16+,17-,18+,19+,20-/m0/s1. The van der Waals surface area contributed by atoms with Gasteiger partial charge in [-0.05, 0) is 30.7 Å². The van der Waals surface area contributed by atoms with Gasteiger partial charge in [-0.1, -0.05) is 6.07 Å². The molecule has 12 heteroatoms. The first kappa shape index (κ1) is 24.4. The van der Waals surface area contributed by atoms with Crippen LogP contribution in [0.2, 0.25) is 0 Å².